The van der Waals surface area contributed by atoms with E-state index in [1.165, 1.54) is 0 Å². The van der Waals surface area contributed by atoms with Crippen LogP contribution in [0.4, 0.5) is 17.6 Å². The van der Waals surface area contributed by atoms with Crippen LogP contribution in [0.2, 0.25) is 10.0 Å². The Kier molecular flexibility index (Phi) is 5.79. The third-order valence-corrected chi connectivity index (χ3v) is 4.57. The van der Waals surface area contributed by atoms with Crippen LogP contribution in [0.25, 0.3) is 0 Å². The summed E-state index contributed by atoms with van der Waals surface area (Å²) in [6.45, 7) is -5.86. The Bertz CT molecular complexity index is 826. The van der Waals surface area contributed by atoms with Gasteiger partial charge in [-0.25, -0.2) is 9.36 Å². The molecule has 2 aromatic rings. The number of nitrogens with zero attached hydrogens (tertiary/aromatic N) is 4. The van der Waals surface area contributed by atoms with Crippen molar-refractivity contribution in [1.82, 2.24) is 30.2 Å². The van der Waals surface area contributed by atoms with E-state index in [1.54, 1.807) is 0 Å². The van der Waals surface area contributed by atoms with E-state index in [9.17, 15) is 27.2 Å². The molecule has 0 radical (unpaired) electrons. The number of halogens is 6. The number of nitrogens with one attached hydrogen (secondary N) is 2. The minimum absolute atomic E-state index is 0.216. The summed E-state index contributed by atoms with van der Waals surface area (Å²) in [5.74, 6) is -1.45. The molecule has 0 spiro atoms. The Morgan fingerprint density at radius 2 is 1.25 bits per heavy atom. The molecular formula is C14H12Cl2F4N6O2. The van der Waals surface area contributed by atoms with Crippen molar-refractivity contribution in [3.8, 4) is 0 Å². The summed E-state index contributed by atoms with van der Waals surface area (Å²) in [4.78, 5) is 24.1. The van der Waals surface area contributed by atoms with E-state index in [4.69, 9.17) is 23.2 Å². The normalized spacial score (nSPS) is 19.0. The van der Waals surface area contributed by atoms with Crippen LogP contribution in [0, 0.1) is 0 Å². The monoisotopic (exact) mass is 442 g/mol. The van der Waals surface area contributed by atoms with Gasteiger partial charge in [0.25, 0.3) is 11.8 Å². The summed E-state index contributed by atoms with van der Waals surface area (Å²) in [7, 11) is 0. The number of hydrogen-bond donors (Lipinski definition) is 2. The van der Waals surface area contributed by atoms with Crippen LogP contribution in [0.5, 0.6) is 0 Å². The fourth-order valence-corrected chi connectivity index (χ4v) is 3.05. The fraction of sp³-hybridized carbons (Fsp3) is 0.429. The number of aromatic nitrogens is 4. The standard InChI is InChI=1S/C14H12Cl2F4N6O2/c15-7-3-25(13(17)18)23-9(7)11(27)21-5-1-6(2-5)22-12(28)10-8(16)4-26(24-10)14(19)20/h3-6,13-14H,1-2H2,(H,21,27)(H,22,28). The summed E-state index contributed by atoms with van der Waals surface area (Å²) < 4.78 is 50.8. The number of rotatable bonds is 6. The zero-order valence-electron chi connectivity index (χ0n) is 13.8. The Morgan fingerprint density at radius 3 is 1.54 bits per heavy atom. The van der Waals surface area contributed by atoms with Crippen LogP contribution in [0.3, 0.4) is 0 Å². The van der Waals surface area contributed by atoms with Gasteiger partial charge in [0.15, 0.2) is 11.4 Å². The highest BCUT2D eigenvalue weighted by Crippen LogP contribution is 2.24. The highest BCUT2D eigenvalue weighted by Gasteiger charge is 2.34. The van der Waals surface area contributed by atoms with E-state index < -0.39 is 24.9 Å². The van der Waals surface area contributed by atoms with Crippen LogP contribution >= 0.6 is 23.2 Å². The summed E-state index contributed by atoms with van der Waals surface area (Å²) in [5.41, 5.74) is -0.669. The second-order valence-electron chi connectivity index (χ2n) is 5.98. The van der Waals surface area contributed by atoms with E-state index in [-0.39, 0.29) is 42.9 Å². The minimum atomic E-state index is -2.93. The highest BCUT2D eigenvalue weighted by atomic mass is 35.5. The van der Waals surface area contributed by atoms with Crippen molar-refractivity contribution in [2.45, 2.75) is 38.0 Å². The molecule has 0 atom stereocenters. The maximum absolute atomic E-state index is 12.6. The highest BCUT2D eigenvalue weighted by molar-refractivity contribution is 6.33. The van der Waals surface area contributed by atoms with E-state index >= 15 is 0 Å². The molecule has 1 fully saturated rings. The first-order valence-corrected chi connectivity index (χ1v) is 8.58. The molecule has 2 N–H and O–H groups in total. The average Bonchev–Trinajstić information content (AvgIpc) is 3.16. The lowest BCUT2D eigenvalue weighted by Gasteiger charge is -2.35. The molecule has 0 bridgehead atoms. The Balaban J connectivity index is 1.51. The molecule has 0 saturated heterocycles. The SMILES string of the molecule is O=C(NC1CC(NC(=O)c2nn(C(F)F)cc2Cl)C1)c1nn(C(F)F)cc1Cl. The number of amides is 2. The number of hydrogen-bond acceptors (Lipinski definition) is 4. The second kappa shape index (κ2) is 7.95. The summed E-state index contributed by atoms with van der Waals surface area (Å²) in [6.07, 6.45) is 2.34. The predicted octanol–water partition coefficient (Wildman–Crippen LogP) is 2.87. The number of carbonyl (C=O) groups is 2. The maximum Gasteiger partial charge on any atom is 0.333 e. The first kappa shape index (κ1) is 20.4. The molecule has 1 aliphatic rings. The first-order chi connectivity index (χ1) is 13.2. The van der Waals surface area contributed by atoms with Gasteiger partial charge in [0.1, 0.15) is 0 Å². The molecule has 2 heterocycles. The van der Waals surface area contributed by atoms with Crippen molar-refractivity contribution < 1.29 is 27.2 Å². The summed E-state index contributed by atoms with van der Waals surface area (Å²) >= 11 is 11.4. The van der Waals surface area contributed by atoms with Gasteiger partial charge in [-0.2, -0.15) is 27.8 Å². The van der Waals surface area contributed by atoms with Crippen molar-refractivity contribution in [2.24, 2.45) is 0 Å². The smallest absolute Gasteiger partial charge is 0.333 e. The van der Waals surface area contributed by atoms with Crippen LogP contribution in [0.1, 0.15) is 46.9 Å². The van der Waals surface area contributed by atoms with Gasteiger partial charge in [0.05, 0.1) is 22.4 Å². The van der Waals surface area contributed by atoms with Crippen LogP contribution < -0.4 is 10.6 Å². The quantitative estimate of drug-likeness (QED) is 0.672. The topological polar surface area (TPSA) is 93.8 Å². The lowest BCUT2D eigenvalue weighted by atomic mass is 9.86. The molecular weight excluding hydrogens is 431 g/mol. The van der Waals surface area contributed by atoms with Gasteiger partial charge in [0, 0.05) is 12.1 Å². The maximum atomic E-state index is 12.6. The number of alkyl halides is 4. The molecule has 1 aliphatic carbocycles. The third kappa shape index (κ3) is 4.22. The van der Waals surface area contributed by atoms with Crippen molar-refractivity contribution >= 4 is 35.0 Å². The Labute approximate surface area is 164 Å². The van der Waals surface area contributed by atoms with Crippen molar-refractivity contribution in [1.29, 1.82) is 0 Å². The second-order valence-corrected chi connectivity index (χ2v) is 6.79. The molecule has 152 valence electrons. The molecule has 0 aliphatic heterocycles. The van der Waals surface area contributed by atoms with Gasteiger partial charge >= 0.3 is 13.1 Å². The molecule has 28 heavy (non-hydrogen) atoms. The summed E-state index contributed by atoms with van der Waals surface area (Å²) in [5, 5.41) is 11.5. The van der Waals surface area contributed by atoms with Crippen LogP contribution in [0.15, 0.2) is 12.4 Å². The van der Waals surface area contributed by atoms with Crippen molar-refractivity contribution in [3.63, 3.8) is 0 Å². The molecule has 2 amide bonds. The lowest BCUT2D eigenvalue weighted by Crippen LogP contribution is -2.53. The van der Waals surface area contributed by atoms with Crippen LogP contribution in [-0.4, -0.2) is 43.5 Å². The molecule has 2 aromatic heterocycles. The van der Waals surface area contributed by atoms with E-state index in [2.05, 4.69) is 20.8 Å². The van der Waals surface area contributed by atoms with Gasteiger partial charge in [0.2, 0.25) is 0 Å². The lowest BCUT2D eigenvalue weighted by molar-refractivity contribution is 0.0554. The molecule has 8 nitrogen and oxygen atoms in total. The predicted molar refractivity (Wildman–Crippen MR) is 88.7 cm³/mol. The molecule has 3 rings (SSSR count). The molecule has 1 saturated carbocycles. The third-order valence-electron chi connectivity index (χ3n) is 4.01. The summed E-state index contributed by atoms with van der Waals surface area (Å²) in [6, 6.07) is -0.695. The van der Waals surface area contributed by atoms with E-state index in [0.717, 1.165) is 12.4 Å². The molecule has 0 aromatic carbocycles. The number of carbonyl (C=O) groups excluding carboxylic acids is 2. The van der Waals surface area contributed by atoms with E-state index in [1.807, 2.05) is 0 Å². The molecule has 14 heteroatoms. The first-order valence-electron chi connectivity index (χ1n) is 7.83. The fourth-order valence-electron chi connectivity index (χ4n) is 2.61. The van der Waals surface area contributed by atoms with Gasteiger partial charge in [-0.15, -0.1) is 0 Å². The largest absolute Gasteiger partial charge is 0.348 e. The van der Waals surface area contributed by atoms with E-state index in [0.29, 0.717) is 12.8 Å². The zero-order chi connectivity index (χ0) is 20.6. The zero-order valence-corrected chi connectivity index (χ0v) is 15.3. The van der Waals surface area contributed by atoms with Gasteiger partial charge in [-0.1, -0.05) is 23.2 Å². The van der Waals surface area contributed by atoms with Gasteiger partial charge < -0.3 is 10.6 Å². The Hall–Kier alpha value is -2.34. The average molecular weight is 443 g/mol. The van der Waals surface area contributed by atoms with Gasteiger partial charge in [-0.05, 0) is 12.8 Å². The van der Waals surface area contributed by atoms with Gasteiger partial charge in [-0.3, -0.25) is 9.59 Å². The Morgan fingerprint density at radius 1 is 0.893 bits per heavy atom. The molecule has 0 unspecified atom stereocenters. The van der Waals surface area contributed by atoms with Crippen molar-refractivity contribution in [2.75, 3.05) is 0 Å². The minimum Gasteiger partial charge on any atom is -0.348 e. The van der Waals surface area contributed by atoms with Crippen LogP contribution in [-0.2, 0) is 0 Å². The van der Waals surface area contributed by atoms with Crippen molar-refractivity contribution in [3.05, 3.63) is 33.8 Å².